The first kappa shape index (κ1) is 26.4. The number of rotatable bonds is 8. The lowest BCUT2D eigenvalue weighted by Crippen LogP contribution is -2.52. The summed E-state index contributed by atoms with van der Waals surface area (Å²) in [4.78, 5) is 26.4. The van der Waals surface area contributed by atoms with E-state index < -0.39 is 24.7 Å². The summed E-state index contributed by atoms with van der Waals surface area (Å²) in [6, 6.07) is -0.707. The Morgan fingerprint density at radius 1 is 1.30 bits per heavy atom. The fourth-order valence-electron chi connectivity index (χ4n) is 4.19. The Labute approximate surface area is 173 Å². The predicted molar refractivity (Wildman–Crippen MR) is 108 cm³/mol. The highest BCUT2D eigenvalue weighted by molar-refractivity contribution is 6.40. The minimum absolute atomic E-state index is 0. The van der Waals surface area contributed by atoms with Crippen LogP contribution in [0.5, 0.6) is 0 Å². The number of hydrogen-bond donors (Lipinski definition) is 5. The first-order valence-corrected chi connectivity index (χ1v) is 9.11. The van der Waals surface area contributed by atoms with Crippen molar-refractivity contribution in [2.45, 2.75) is 63.5 Å². The van der Waals surface area contributed by atoms with Crippen LogP contribution in [-0.2, 0) is 9.59 Å². The first-order chi connectivity index (χ1) is 11.7. The Morgan fingerprint density at radius 2 is 1.93 bits per heavy atom. The number of nitrogens with zero attached hydrogens (tertiary/aromatic N) is 1. The molecule has 0 spiro atoms. The van der Waals surface area contributed by atoms with Crippen molar-refractivity contribution in [2.24, 2.45) is 17.6 Å². The fourth-order valence-corrected chi connectivity index (χ4v) is 4.19. The van der Waals surface area contributed by atoms with Crippen LogP contribution in [0.3, 0.4) is 0 Å². The molecule has 0 aromatic heterocycles. The summed E-state index contributed by atoms with van der Waals surface area (Å²) in [6.07, 6.45) is 2.42. The quantitative estimate of drug-likeness (QED) is 0.273. The number of carbonyl (C=O) groups excluding carboxylic acids is 1. The number of amides is 1. The van der Waals surface area contributed by atoms with Gasteiger partial charge in [-0.05, 0) is 25.1 Å². The number of carboxylic acids is 1. The van der Waals surface area contributed by atoms with Gasteiger partial charge >= 0.3 is 13.1 Å². The largest absolute Gasteiger partial charge is 0.480 e. The van der Waals surface area contributed by atoms with Crippen molar-refractivity contribution in [1.82, 2.24) is 10.2 Å². The second-order valence-corrected chi connectivity index (χ2v) is 7.65. The van der Waals surface area contributed by atoms with Crippen molar-refractivity contribution in [1.29, 1.82) is 0 Å². The van der Waals surface area contributed by atoms with E-state index in [2.05, 4.69) is 5.32 Å². The van der Waals surface area contributed by atoms with Crippen molar-refractivity contribution in [3.8, 4) is 0 Å². The van der Waals surface area contributed by atoms with Crippen LogP contribution in [0.25, 0.3) is 0 Å². The molecule has 11 heteroatoms. The molecule has 1 amide bonds. The number of carboxylic acid groups (broad SMARTS) is 1. The minimum atomic E-state index is -1.36. The van der Waals surface area contributed by atoms with Crippen molar-refractivity contribution >= 4 is 43.8 Å². The van der Waals surface area contributed by atoms with Crippen LogP contribution >= 0.6 is 24.8 Å². The van der Waals surface area contributed by atoms with Crippen LogP contribution in [0, 0.1) is 11.8 Å². The zero-order chi connectivity index (χ0) is 18.8. The summed E-state index contributed by atoms with van der Waals surface area (Å²) in [5.41, 5.74) is 4.95. The Morgan fingerprint density at radius 3 is 2.44 bits per heavy atom. The van der Waals surface area contributed by atoms with Gasteiger partial charge in [0.2, 0.25) is 5.91 Å². The Bertz CT molecular complexity index is 514. The van der Waals surface area contributed by atoms with Gasteiger partial charge in [0.05, 0.1) is 6.04 Å². The molecule has 2 aliphatic heterocycles. The van der Waals surface area contributed by atoms with Crippen LogP contribution in [0.4, 0.5) is 0 Å². The zero-order valence-electron chi connectivity index (χ0n) is 15.8. The molecule has 2 saturated heterocycles. The summed E-state index contributed by atoms with van der Waals surface area (Å²) in [6.45, 7) is 4.80. The van der Waals surface area contributed by atoms with E-state index in [1.165, 1.54) is 0 Å². The Balaban J connectivity index is 0.00000338. The number of likely N-dealkylation sites (tertiary alicyclic amines) is 1. The van der Waals surface area contributed by atoms with E-state index >= 15 is 0 Å². The summed E-state index contributed by atoms with van der Waals surface area (Å²) in [5.74, 6) is -1.11. The maximum Gasteiger partial charge on any atom is 0.451 e. The minimum Gasteiger partial charge on any atom is -0.480 e. The highest BCUT2D eigenvalue weighted by Gasteiger charge is 2.58. The summed E-state index contributed by atoms with van der Waals surface area (Å²) >= 11 is 0. The second-order valence-electron chi connectivity index (χ2n) is 7.65. The van der Waals surface area contributed by atoms with Crippen molar-refractivity contribution in [2.75, 3.05) is 13.1 Å². The van der Waals surface area contributed by atoms with E-state index in [1.807, 2.05) is 13.8 Å². The highest BCUT2D eigenvalue weighted by atomic mass is 35.5. The van der Waals surface area contributed by atoms with Gasteiger partial charge < -0.3 is 25.8 Å². The maximum absolute atomic E-state index is 12.6. The summed E-state index contributed by atoms with van der Waals surface area (Å²) in [5, 5.41) is 30.9. The van der Waals surface area contributed by atoms with E-state index in [4.69, 9.17) is 15.8 Å². The van der Waals surface area contributed by atoms with Crippen molar-refractivity contribution in [3.63, 3.8) is 0 Å². The molecular weight excluding hydrogens is 396 g/mol. The normalized spacial score (nSPS) is 27.6. The second kappa shape index (κ2) is 10.8. The molecule has 4 atom stereocenters. The molecule has 0 aromatic rings. The molecule has 0 bridgehead atoms. The number of nitrogens with two attached hydrogens (primary N) is 1. The van der Waals surface area contributed by atoms with Gasteiger partial charge in [0.25, 0.3) is 0 Å². The third kappa shape index (κ3) is 5.49. The monoisotopic (exact) mass is 427 g/mol. The highest BCUT2D eigenvalue weighted by Crippen LogP contribution is 2.41. The van der Waals surface area contributed by atoms with Gasteiger partial charge in [-0.2, -0.15) is 0 Å². The van der Waals surface area contributed by atoms with E-state index in [9.17, 15) is 14.7 Å². The third-order valence-electron chi connectivity index (χ3n) is 5.76. The van der Waals surface area contributed by atoms with E-state index in [1.54, 1.807) is 4.90 Å². The van der Waals surface area contributed by atoms with Crippen LogP contribution in [0.15, 0.2) is 0 Å². The molecule has 0 unspecified atom stereocenters. The van der Waals surface area contributed by atoms with Gasteiger partial charge in [-0.1, -0.05) is 26.7 Å². The number of halogens is 2. The van der Waals surface area contributed by atoms with Gasteiger partial charge in [0.15, 0.2) is 0 Å². The first-order valence-electron chi connectivity index (χ1n) is 9.11. The zero-order valence-corrected chi connectivity index (χ0v) is 17.5. The smallest absolute Gasteiger partial charge is 0.451 e. The molecule has 0 aliphatic carbocycles. The van der Waals surface area contributed by atoms with Gasteiger partial charge in [-0.15, -0.1) is 24.8 Å². The lowest BCUT2D eigenvalue weighted by atomic mass is 9.77. The van der Waals surface area contributed by atoms with Crippen molar-refractivity contribution in [3.05, 3.63) is 0 Å². The lowest BCUT2D eigenvalue weighted by molar-refractivity contribution is -0.147. The molecule has 0 saturated carbocycles. The predicted octanol–water partition coefficient (Wildman–Crippen LogP) is 0.100. The SMILES string of the molecule is CC(C)[C@H](N)C(=O)N1CC[C@H]2[C@@H]1CN[C@@]2(CCCCB(O)O)C(=O)O.Cl.Cl. The number of unbranched alkanes of at least 4 members (excludes halogenated alkanes) is 1. The number of aliphatic carboxylic acids is 1. The number of fused-ring (bicyclic) bond motifs is 1. The van der Waals surface area contributed by atoms with E-state index in [-0.39, 0.29) is 54.9 Å². The van der Waals surface area contributed by atoms with Gasteiger partial charge in [0.1, 0.15) is 5.54 Å². The fraction of sp³-hybridized carbons (Fsp3) is 0.875. The molecule has 8 nitrogen and oxygen atoms in total. The summed E-state index contributed by atoms with van der Waals surface area (Å²) < 4.78 is 0. The number of nitrogens with one attached hydrogen (secondary N) is 1. The number of hydrogen-bond acceptors (Lipinski definition) is 6. The maximum atomic E-state index is 12.6. The Hall–Kier alpha value is -0.575. The molecule has 2 aliphatic rings. The molecule has 27 heavy (non-hydrogen) atoms. The third-order valence-corrected chi connectivity index (χ3v) is 5.76. The molecule has 158 valence electrons. The van der Waals surface area contributed by atoms with Crippen LogP contribution < -0.4 is 11.1 Å². The molecule has 2 fully saturated rings. The standard InChI is InChI=1S/C16H30BN3O5.2ClH/c1-10(2)13(18)14(21)20-8-5-11-12(20)9-19-16(11,15(22)23)6-3-4-7-17(24)25;;/h10-13,19,24-25H,3-9,18H2,1-2H3,(H,22,23);2*1H/t11-,12-,13-,16+;;/m0../s1. The topological polar surface area (TPSA) is 136 Å². The van der Waals surface area contributed by atoms with Crippen LogP contribution in [0.2, 0.25) is 6.32 Å². The molecule has 0 radical (unpaired) electrons. The lowest BCUT2D eigenvalue weighted by Gasteiger charge is -2.31. The Kier molecular flexibility index (Phi) is 10.6. The van der Waals surface area contributed by atoms with Crippen molar-refractivity contribution < 1.29 is 24.7 Å². The average Bonchev–Trinajstić information content (AvgIpc) is 3.11. The average molecular weight is 428 g/mol. The number of carbonyl (C=O) groups is 2. The van der Waals surface area contributed by atoms with E-state index in [0.717, 1.165) is 0 Å². The molecular formula is C16H32BCl2N3O5. The van der Waals surface area contributed by atoms with Crippen LogP contribution in [-0.4, -0.2) is 69.8 Å². The van der Waals surface area contributed by atoms with Gasteiger partial charge in [-0.3, -0.25) is 14.9 Å². The molecule has 2 heterocycles. The van der Waals surface area contributed by atoms with E-state index in [0.29, 0.717) is 38.8 Å². The van der Waals surface area contributed by atoms with Gasteiger partial charge in [0, 0.05) is 25.0 Å². The molecule has 0 aromatic carbocycles. The molecule has 2 rings (SSSR count). The van der Waals surface area contributed by atoms with Crippen LogP contribution in [0.1, 0.15) is 39.5 Å². The summed E-state index contributed by atoms with van der Waals surface area (Å²) in [7, 11) is -1.36. The van der Waals surface area contributed by atoms with Gasteiger partial charge in [-0.25, -0.2) is 0 Å². The molecule has 6 N–H and O–H groups in total.